The van der Waals surface area contributed by atoms with E-state index in [1.807, 2.05) is 12.3 Å². The predicted octanol–water partition coefficient (Wildman–Crippen LogP) is 2.71. The van der Waals surface area contributed by atoms with Crippen LogP contribution in [0.1, 0.15) is 19.0 Å². The maximum Gasteiger partial charge on any atom is 0.189 e. The molecule has 0 bridgehead atoms. The average molecular weight is 395 g/mol. The molecule has 1 aromatic heterocycles. The number of hydrogen-bond acceptors (Lipinski definition) is 5. The third-order valence-corrected chi connectivity index (χ3v) is 5.78. The smallest absolute Gasteiger partial charge is 0.189 e. The Labute approximate surface area is 171 Å². The van der Waals surface area contributed by atoms with Gasteiger partial charge in [-0.05, 0) is 43.4 Å². The second kappa shape index (κ2) is 8.14. The molecule has 1 N–H and O–H groups in total. The van der Waals surface area contributed by atoms with Crippen LogP contribution in [0.3, 0.4) is 0 Å². The molecule has 146 valence electrons. The average Bonchev–Trinajstić information content (AvgIpc) is 2.74. The first-order valence-corrected chi connectivity index (χ1v) is 10.1. The van der Waals surface area contributed by atoms with E-state index in [2.05, 4.69) is 80.6 Å². The zero-order chi connectivity index (χ0) is 19.5. The number of nitrogens with zero attached hydrogens (tertiary/aromatic N) is 5. The van der Waals surface area contributed by atoms with E-state index in [1.54, 1.807) is 0 Å². The maximum absolute atomic E-state index is 5.66. The Morgan fingerprint density at radius 2 is 1.96 bits per heavy atom. The summed E-state index contributed by atoms with van der Waals surface area (Å²) in [7, 11) is 2.09. The van der Waals surface area contributed by atoms with Crippen LogP contribution in [0, 0.1) is 0 Å². The highest BCUT2D eigenvalue weighted by molar-refractivity contribution is 7.80. The summed E-state index contributed by atoms with van der Waals surface area (Å²) >= 11 is 5.66. The Kier molecular flexibility index (Phi) is 5.43. The molecule has 1 saturated heterocycles. The van der Waals surface area contributed by atoms with Gasteiger partial charge in [-0.2, -0.15) is 5.10 Å². The molecule has 6 nitrogen and oxygen atoms in total. The van der Waals surface area contributed by atoms with E-state index < -0.39 is 0 Å². The molecule has 2 aliphatic rings. The molecule has 1 aromatic carbocycles. The Balaban J connectivity index is 1.41. The van der Waals surface area contributed by atoms with Crippen molar-refractivity contribution in [2.75, 3.05) is 43.0 Å². The second-order valence-corrected chi connectivity index (χ2v) is 7.73. The number of para-hydroxylation sites is 1. The topological polar surface area (TPSA) is 47.0 Å². The summed E-state index contributed by atoms with van der Waals surface area (Å²) < 4.78 is 0. The number of hydrogen-bond donors (Lipinski definition) is 1. The third-order valence-electron chi connectivity index (χ3n) is 5.45. The molecule has 0 radical (unpaired) electrons. The van der Waals surface area contributed by atoms with Crippen LogP contribution in [-0.4, -0.2) is 60.0 Å². The van der Waals surface area contributed by atoms with Crippen LogP contribution in [0.2, 0.25) is 0 Å². The minimum Gasteiger partial charge on any atom is -0.372 e. The van der Waals surface area contributed by atoms with Crippen LogP contribution in [0.25, 0.3) is 0 Å². The molecule has 0 spiro atoms. The van der Waals surface area contributed by atoms with Crippen molar-refractivity contribution < 1.29 is 0 Å². The first kappa shape index (κ1) is 18.7. The van der Waals surface area contributed by atoms with Crippen LogP contribution >= 0.6 is 12.2 Å². The van der Waals surface area contributed by atoms with Gasteiger partial charge in [0.2, 0.25) is 0 Å². The van der Waals surface area contributed by atoms with E-state index in [0.717, 1.165) is 49.7 Å². The lowest BCUT2D eigenvalue weighted by Gasteiger charge is -2.41. The van der Waals surface area contributed by atoms with Gasteiger partial charge in [-0.25, -0.2) is 0 Å². The van der Waals surface area contributed by atoms with Crippen LogP contribution in [0.4, 0.5) is 11.4 Å². The zero-order valence-electron chi connectivity index (χ0n) is 16.4. The van der Waals surface area contributed by atoms with Crippen molar-refractivity contribution in [1.29, 1.82) is 0 Å². The van der Waals surface area contributed by atoms with Gasteiger partial charge in [0, 0.05) is 57.6 Å². The number of pyridine rings is 1. The second-order valence-electron chi connectivity index (χ2n) is 7.34. The summed E-state index contributed by atoms with van der Waals surface area (Å²) in [5.74, 6) is 0. The van der Waals surface area contributed by atoms with Crippen LogP contribution in [-0.2, 0) is 0 Å². The van der Waals surface area contributed by atoms with E-state index in [-0.39, 0.29) is 0 Å². The molecular weight excluding hydrogens is 368 g/mol. The van der Waals surface area contributed by atoms with Crippen molar-refractivity contribution in [2.24, 2.45) is 5.10 Å². The van der Waals surface area contributed by atoms with Gasteiger partial charge in [-0.1, -0.05) is 18.2 Å². The number of rotatable bonds is 2. The number of aromatic nitrogens is 1. The lowest BCUT2D eigenvalue weighted by molar-refractivity contribution is 0.295. The summed E-state index contributed by atoms with van der Waals surface area (Å²) in [5.41, 5.74) is 7.42. The molecule has 4 rings (SSSR count). The Morgan fingerprint density at radius 1 is 1.14 bits per heavy atom. The minimum atomic E-state index is 0.317. The zero-order valence-corrected chi connectivity index (χ0v) is 17.2. The van der Waals surface area contributed by atoms with Crippen LogP contribution < -0.4 is 15.2 Å². The number of nitrogens with one attached hydrogen (secondary N) is 1. The van der Waals surface area contributed by atoms with Gasteiger partial charge in [0.25, 0.3) is 0 Å². The maximum atomic E-state index is 5.66. The molecule has 1 atom stereocenters. The number of fused-ring (bicyclic) bond motifs is 1. The molecule has 2 aromatic rings. The number of benzene rings is 1. The Hall–Kier alpha value is -2.67. The Bertz CT molecular complexity index is 868. The van der Waals surface area contributed by atoms with E-state index in [1.165, 1.54) is 5.69 Å². The first-order chi connectivity index (χ1) is 13.6. The summed E-state index contributed by atoms with van der Waals surface area (Å²) in [6.45, 7) is 5.91. The quantitative estimate of drug-likeness (QED) is 0.624. The molecule has 1 unspecified atom stereocenters. The number of piperazine rings is 1. The number of anilines is 2. The molecule has 0 amide bonds. The summed E-state index contributed by atoms with van der Waals surface area (Å²) in [5, 5.41) is 5.31. The van der Waals surface area contributed by atoms with E-state index >= 15 is 0 Å². The fourth-order valence-electron chi connectivity index (χ4n) is 3.86. The highest BCUT2D eigenvalue weighted by Crippen LogP contribution is 2.24. The van der Waals surface area contributed by atoms with Crippen molar-refractivity contribution in [3.63, 3.8) is 0 Å². The number of thiocarbonyl (C=S) groups is 1. The van der Waals surface area contributed by atoms with Crippen LogP contribution in [0.15, 0.2) is 53.8 Å². The number of hydrazone groups is 1. The lowest BCUT2D eigenvalue weighted by Crippen LogP contribution is -2.56. The lowest BCUT2D eigenvalue weighted by atomic mass is 10.1. The highest BCUT2D eigenvalue weighted by atomic mass is 32.1. The van der Waals surface area contributed by atoms with E-state index in [9.17, 15) is 0 Å². The SMILES string of the molecule is CC1CN(c2ccccc2)CCN1C(=S)N/N=C1/CCN(C)c2cccnc21. The molecule has 7 heteroatoms. The van der Waals surface area contributed by atoms with Crippen molar-refractivity contribution in [3.8, 4) is 0 Å². The molecule has 0 aliphatic carbocycles. The molecule has 1 fully saturated rings. The van der Waals surface area contributed by atoms with Crippen molar-refractivity contribution >= 4 is 34.4 Å². The summed E-state index contributed by atoms with van der Waals surface area (Å²) in [6, 6.07) is 14.9. The highest BCUT2D eigenvalue weighted by Gasteiger charge is 2.26. The van der Waals surface area contributed by atoms with Gasteiger partial charge in [0.1, 0.15) is 5.69 Å². The minimum absolute atomic E-state index is 0.317. The predicted molar refractivity (Wildman–Crippen MR) is 119 cm³/mol. The van der Waals surface area contributed by atoms with E-state index in [4.69, 9.17) is 12.2 Å². The van der Waals surface area contributed by atoms with E-state index in [0.29, 0.717) is 11.2 Å². The van der Waals surface area contributed by atoms with Crippen molar-refractivity contribution in [3.05, 3.63) is 54.4 Å². The summed E-state index contributed by atoms with van der Waals surface area (Å²) in [4.78, 5) is 11.4. The first-order valence-electron chi connectivity index (χ1n) is 9.73. The molecule has 3 heterocycles. The summed E-state index contributed by atoms with van der Waals surface area (Å²) in [6.07, 6.45) is 2.67. The van der Waals surface area contributed by atoms with Gasteiger partial charge in [0.15, 0.2) is 5.11 Å². The fourth-order valence-corrected chi connectivity index (χ4v) is 4.18. The van der Waals surface area contributed by atoms with Crippen molar-refractivity contribution in [1.82, 2.24) is 15.3 Å². The van der Waals surface area contributed by atoms with Gasteiger partial charge in [-0.3, -0.25) is 10.4 Å². The molecule has 2 aliphatic heterocycles. The largest absolute Gasteiger partial charge is 0.372 e. The normalized spacial score (nSPS) is 20.9. The fraction of sp³-hybridized carbons (Fsp3) is 0.381. The molecular formula is C21H26N6S. The van der Waals surface area contributed by atoms with Gasteiger partial charge >= 0.3 is 0 Å². The molecule has 0 saturated carbocycles. The van der Waals surface area contributed by atoms with Gasteiger partial charge in [0.05, 0.1) is 11.4 Å². The standard InChI is InChI=1S/C21H26N6S/c1-16-15-26(17-7-4-3-5-8-17)13-14-27(16)21(28)24-23-18-10-12-25(2)19-9-6-11-22-20(18)19/h3-9,11,16H,10,12-15H2,1-2H3,(H,24,28)/b23-18-. The monoisotopic (exact) mass is 394 g/mol. The van der Waals surface area contributed by atoms with Crippen molar-refractivity contribution in [2.45, 2.75) is 19.4 Å². The molecule has 28 heavy (non-hydrogen) atoms. The van der Waals surface area contributed by atoms with Gasteiger partial charge in [-0.15, -0.1) is 0 Å². The van der Waals surface area contributed by atoms with Gasteiger partial charge < -0.3 is 14.7 Å². The Morgan fingerprint density at radius 3 is 2.75 bits per heavy atom. The third kappa shape index (κ3) is 3.80. The van der Waals surface area contributed by atoms with Crippen LogP contribution in [0.5, 0.6) is 0 Å².